The maximum atomic E-state index is 11.2. The minimum absolute atomic E-state index is 0.248. The molecule has 2 heterocycles. The molecule has 4 nitrogen and oxygen atoms in total. The molecule has 0 spiro atoms. The van der Waals surface area contributed by atoms with Crippen molar-refractivity contribution in [1.82, 2.24) is 4.57 Å². The van der Waals surface area contributed by atoms with Gasteiger partial charge in [-0.15, -0.1) is 0 Å². The first-order valence-electron chi connectivity index (χ1n) is 6.68. The molecule has 3 rings (SSSR count). The fourth-order valence-corrected chi connectivity index (χ4v) is 2.74. The fraction of sp³-hybridized carbons (Fsp3) is 0.400. The van der Waals surface area contributed by atoms with Gasteiger partial charge in [0.1, 0.15) is 0 Å². The van der Waals surface area contributed by atoms with Crippen LogP contribution in [0.25, 0.3) is 10.9 Å². The molecule has 0 radical (unpaired) electrons. The molecule has 0 amide bonds. The Morgan fingerprint density at radius 3 is 3.00 bits per heavy atom. The first-order chi connectivity index (χ1) is 9.25. The molecular weight excluding hydrogens is 242 g/mol. The van der Waals surface area contributed by atoms with Crippen molar-refractivity contribution in [3.8, 4) is 0 Å². The number of benzene rings is 1. The van der Waals surface area contributed by atoms with Crippen molar-refractivity contribution < 1.29 is 14.6 Å². The number of hydrogen-bond donors (Lipinski definition) is 1. The third-order valence-electron chi connectivity index (χ3n) is 3.72. The molecule has 0 bridgehead atoms. The number of aromatic carboxylic acids is 1. The molecule has 1 aromatic carbocycles. The predicted molar refractivity (Wildman–Crippen MR) is 72.5 cm³/mol. The summed E-state index contributed by atoms with van der Waals surface area (Å²) in [5.41, 5.74) is 1.33. The predicted octanol–water partition coefficient (Wildman–Crippen LogP) is 2.91. The average molecular weight is 259 g/mol. The van der Waals surface area contributed by atoms with E-state index in [1.165, 1.54) is 6.42 Å². The second-order valence-electron chi connectivity index (χ2n) is 5.00. The molecule has 2 aromatic rings. The largest absolute Gasteiger partial charge is 0.478 e. The molecule has 1 aliphatic rings. The number of rotatable bonds is 3. The summed E-state index contributed by atoms with van der Waals surface area (Å²) in [5.74, 6) is -0.878. The molecular formula is C15H17NO3. The van der Waals surface area contributed by atoms with Gasteiger partial charge in [-0.05, 0) is 37.5 Å². The third kappa shape index (κ3) is 2.36. The van der Waals surface area contributed by atoms with Gasteiger partial charge in [-0.25, -0.2) is 4.79 Å². The number of fused-ring (bicyclic) bond motifs is 1. The Bertz CT molecular complexity index is 596. The molecule has 1 aromatic heterocycles. The van der Waals surface area contributed by atoms with Crippen molar-refractivity contribution in [2.45, 2.75) is 31.9 Å². The molecule has 19 heavy (non-hydrogen) atoms. The van der Waals surface area contributed by atoms with E-state index in [0.29, 0.717) is 5.56 Å². The highest BCUT2D eigenvalue weighted by Crippen LogP contribution is 2.22. The first kappa shape index (κ1) is 12.2. The monoisotopic (exact) mass is 259 g/mol. The Kier molecular flexibility index (Phi) is 3.25. The number of carboxylic acid groups (broad SMARTS) is 1. The van der Waals surface area contributed by atoms with Gasteiger partial charge in [0.15, 0.2) is 0 Å². The van der Waals surface area contributed by atoms with Gasteiger partial charge in [0.25, 0.3) is 0 Å². The van der Waals surface area contributed by atoms with Gasteiger partial charge >= 0.3 is 5.97 Å². The van der Waals surface area contributed by atoms with Gasteiger partial charge in [0.2, 0.25) is 0 Å². The van der Waals surface area contributed by atoms with Gasteiger partial charge in [-0.1, -0.05) is 6.07 Å². The second kappa shape index (κ2) is 5.05. The maximum absolute atomic E-state index is 11.2. The lowest BCUT2D eigenvalue weighted by molar-refractivity contribution is 0.00670. The van der Waals surface area contributed by atoms with E-state index < -0.39 is 5.97 Å². The molecule has 1 saturated heterocycles. The van der Waals surface area contributed by atoms with E-state index >= 15 is 0 Å². The normalized spacial score (nSPS) is 19.7. The summed E-state index contributed by atoms with van der Waals surface area (Å²) < 4.78 is 7.84. The highest BCUT2D eigenvalue weighted by atomic mass is 16.5. The van der Waals surface area contributed by atoms with E-state index in [1.807, 2.05) is 18.3 Å². The molecule has 0 saturated carbocycles. The van der Waals surface area contributed by atoms with Crippen LogP contribution in [0, 0.1) is 0 Å². The third-order valence-corrected chi connectivity index (χ3v) is 3.72. The van der Waals surface area contributed by atoms with Crippen molar-refractivity contribution in [1.29, 1.82) is 0 Å². The quantitative estimate of drug-likeness (QED) is 0.922. The molecule has 1 atom stereocenters. The lowest BCUT2D eigenvalue weighted by Crippen LogP contribution is -2.24. The van der Waals surface area contributed by atoms with Gasteiger partial charge in [0, 0.05) is 30.3 Å². The van der Waals surface area contributed by atoms with Gasteiger partial charge in [-0.3, -0.25) is 0 Å². The Morgan fingerprint density at radius 1 is 1.37 bits per heavy atom. The summed E-state index contributed by atoms with van der Waals surface area (Å²) in [6.07, 6.45) is 5.64. The van der Waals surface area contributed by atoms with Crippen molar-refractivity contribution in [3.63, 3.8) is 0 Å². The Balaban J connectivity index is 1.92. The molecule has 1 unspecified atom stereocenters. The van der Waals surface area contributed by atoms with E-state index in [1.54, 1.807) is 12.1 Å². The number of carboxylic acids is 1. The Labute approximate surface area is 111 Å². The number of hydrogen-bond acceptors (Lipinski definition) is 2. The maximum Gasteiger partial charge on any atom is 0.336 e. The highest BCUT2D eigenvalue weighted by Gasteiger charge is 2.16. The smallest absolute Gasteiger partial charge is 0.336 e. The zero-order chi connectivity index (χ0) is 13.2. The number of nitrogens with zero attached hydrogens (tertiary/aromatic N) is 1. The van der Waals surface area contributed by atoms with Crippen LogP contribution in [0.15, 0.2) is 30.5 Å². The molecule has 1 N–H and O–H groups in total. The van der Waals surface area contributed by atoms with Crippen LogP contribution in [-0.2, 0) is 11.3 Å². The van der Waals surface area contributed by atoms with E-state index in [-0.39, 0.29) is 6.10 Å². The number of ether oxygens (including phenoxy) is 1. The van der Waals surface area contributed by atoms with Crippen LogP contribution >= 0.6 is 0 Å². The second-order valence-corrected chi connectivity index (χ2v) is 5.00. The van der Waals surface area contributed by atoms with Crippen LogP contribution < -0.4 is 0 Å². The number of carbonyl (C=O) groups is 1. The fourth-order valence-electron chi connectivity index (χ4n) is 2.74. The molecule has 1 aliphatic heterocycles. The van der Waals surface area contributed by atoms with E-state index in [4.69, 9.17) is 4.74 Å². The van der Waals surface area contributed by atoms with Crippen LogP contribution in [0.1, 0.15) is 29.6 Å². The molecule has 1 fully saturated rings. The molecule has 0 aliphatic carbocycles. The lowest BCUT2D eigenvalue weighted by atomic mass is 10.1. The van der Waals surface area contributed by atoms with E-state index in [9.17, 15) is 9.90 Å². The topological polar surface area (TPSA) is 51.5 Å². The van der Waals surface area contributed by atoms with Gasteiger partial charge in [0.05, 0.1) is 11.7 Å². The van der Waals surface area contributed by atoms with Crippen molar-refractivity contribution in [2.75, 3.05) is 6.61 Å². The van der Waals surface area contributed by atoms with Crippen LogP contribution in [0.3, 0.4) is 0 Å². The Morgan fingerprint density at radius 2 is 2.26 bits per heavy atom. The van der Waals surface area contributed by atoms with Crippen molar-refractivity contribution in [2.24, 2.45) is 0 Å². The van der Waals surface area contributed by atoms with Crippen LogP contribution in [0.5, 0.6) is 0 Å². The summed E-state index contributed by atoms with van der Waals surface area (Å²) in [6, 6.07) is 7.28. The molecule has 100 valence electrons. The minimum atomic E-state index is -0.878. The van der Waals surface area contributed by atoms with Crippen LogP contribution in [0.4, 0.5) is 0 Å². The Hall–Kier alpha value is -1.81. The van der Waals surface area contributed by atoms with Crippen LogP contribution in [-0.4, -0.2) is 28.4 Å². The van der Waals surface area contributed by atoms with Crippen molar-refractivity contribution in [3.05, 3.63) is 36.0 Å². The average Bonchev–Trinajstić information content (AvgIpc) is 2.83. The zero-order valence-electron chi connectivity index (χ0n) is 10.7. The number of aromatic nitrogens is 1. The lowest BCUT2D eigenvalue weighted by Gasteiger charge is -2.23. The summed E-state index contributed by atoms with van der Waals surface area (Å²) >= 11 is 0. The first-order valence-corrected chi connectivity index (χ1v) is 6.68. The van der Waals surface area contributed by atoms with E-state index in [2.05, 4.69) is 4.57 Å². The van der Waals surface area contributed by atoms with E-state index in [0.717, 1.165) is 36.9 Å². The summed E-state index contributed by atoms with van der Waals surface area (Å²) in [7, 11) is 0. The zero-order valence-corrected chi connectivity index (χ0v) is 10.7. The summed E-state index contributed by atoms with van der Waals surface area (Å²) in [4.78, 5) is 11.2. The SMILES string of the molecule is O=C(O)c1cccc2c1ccn2CC1CCCCO1. The summed E-state index contributed by atoms with van der Waals surface area (Å²) in [6.45, 7) is 1.64. The minimum Gasteiger partial charge on any atom is -0.478 e. The highest BCUT2D eigenvalue weighted by molar-refractivity contribution is 6.02. The standard InChI is InChI=1S/C15H17NO3/c17-15(18)13-5-3-6-14-12(13)7-8-16(14)10-11-4-1-2-9-19-11/h3,5-8,11H,1-2,4,9-10H2,(H,17,18). The summed E-state index contributed by atoms with van der Waals surface area (Å²) in [5, 5.41) is 9.98. The van der Waals surface area contributed by atoms with Crippen LogP contribution in [0.2, 0.25) is 0 Å². The van der Waals surface area contributed by atoms with Gasteiger partial charge < -0.3 is 14.4 Å². The van der Waals surface area contributed by atoms with Crippen molar-refractivity contribution >= 4 is 16.9 Å². The molecule has 4 heteroatoms. The van der Waals surface area contributed by atoms with Gasteiger partial charge in [-0.2, -0.15) is 0 Å².